The molecule has 0 amide bonds. The van der Waals surface area contributed by atoms with E-state index in [0.29, 0.717) is 0 Å². The van der Waals surface area contributed by atoms with Gasteiger partial charge in [0.15, 0.2) is 0 Å². The van der Waals surface area contributed by atoms with Crippen molar-refractivity contribution in [3.63, 3.8) is 0 Å². The minimum atomic E-state index is -2.58. The Morgan fingerprint density at radius 2 is 1.21 bits per heavy atom. The second kappa shape index (κ2) is 9.65. The Morgan fingerprint density at radius 1 is 0.895 bits per heavy atom. The molecule has 0 spiro atoms. The molecule has 0 aliphatic carbocycles. The predicted molar refractivity (Wildman–Crippen MR) is 77.1 cm³/mol. The van der Waals surface area contributed by atoms with Gasteiger partial charge in [0, 0.05) is 4.57 Å². The van der Waals surface area contributed by atoms with Crippen molar-refractivity contribution in [2.75, 3.05) is 0 Å². The molecule has 1 atom stereocenters. The standard InChI is InChI=1S/C14H14.ClO3P/c1-3-7-13(8-4-1)11-12-14-9-5-2-6-10-14;1-4-5(2)3/h1-10H,11-12H2;/p+1. The van der Waals surface area contributed by atoms with Crippen molar-refractivity contribution < 1.29 is 13.5 Å². The summed E-state index contributed by atoms with van der Waals surface area (Å²) in [5.74, 6) is 0. The fourth-order valence-corrected chi connectivity index (χ4v) is 1.58. The van der Waals surface area contributed by atoms with Gasteiger partial charge in [-0.15, -0.1) is 4.89 Å². The first-order chi connectivity index (χ1) is 9.22. The van der Waals surface area contributed by atoms with Crippen LogP contribution in [0.25, 0.3) is 0 Å². The van der Waals surface area contributed by atoms with Crippen LogP contribution >= 0.6 is 20.1 Å². The maximum atomic E-state index is 9.16. The van der Waals surface area contributed by atoms with Gasteiger partial charge in [-0.3, -0.25) is 0 Å². The molecule has 0 heterocycles. The smallest absolute Gasteiger partial charge is 0.132 e. The van der Waals surface area contributed by atoms with Crippen LogP contribution in [0.5, 0.6) is 0 Å². The lowest BCUT2D eigenvalue weighted by Gasteiger charge is -2.01. The molecule has 0 aliphatic rings. The van der Waals surface area contributed by atoms with Gasteiger partial charge in [-0.2, -0.15) is 0 Å². The van der Waals surface area contributed by atoms with Crippen LogP contribution in [0.3, 0.4) is 0 Å². The Bertz CT molecular complexity index is 437. The van der Waals surface area contributed by atoms with Crippen molar-refractivity contribution >= 4 is 20.1 Å². The van der Waals surface area contributed by atoms with Gasteiger partial charge in [-0.1, -0.05) is 60.7 Å². The zero-order chi connectivity index (χ0) is 13.9. The van der Waals surface area contributed by atoms with Gasteiger partial charge in [0.2, 0.25) is 0 Å². The quantitative estimate of drug-likeness (QED) is 0.857. The van der Waals surface area contributed by atoms with Crippen LogP contribution in [0.15, 0.2) is 60.7 Å². The molecule has 1 N–H and O–H groups in total. The normalized spacial score (nSPS) is 10.3. The van der Waals surface area contributed by atoms with E-state index in [1.54, 1.807) is 0 Å². The van der Waals surface area contributed by atoms with E-state index >= 15 is 0 Å². The topological polar surface area (TPSA) is 46.5 Å². The number of halogens is 1. The summed E-state index contributed by atoms with van der Waals surface area (Å²) in [5, 5.41) is 0. The number of rotatable bonds is 4. The van der Waals surface area contributed by atoms with Crippen LogP contribution in [0.4, 0.5) is 0 Å². The summed E-state index contributed by atoms with van der Waals surface area (Å²) >= 11 is 4.30. The highest BCUT2D eigenvalue weighted by molar-refractivity contribution is 7.33. The average Bonchev–Trinajstić information content (AvgIpc) is 2.48. The molecule has 1 unspecified atom stereocenters. The largest absolute Gasteiger partial charge is 0.713 e. The lowest BCUT2D eigenvalue weighted by Crippen LogP contribution is -1.89. The molecule has 19 heavy (non-hydrogen) atoms. The Kier molecular flexibility index (Phi) is 8.03. The van der Waals surface area contributed by atoms with Crippen LogP contribution in [0, 0.1) is 0 Å². The van der Waals surface area contributed by atoms with Crippen LogP contribution in [-0.4, -0.2) is 4.89 Å². The molecule has 0 saturated carbocycles. The third-order valence-corrected chi connectivity index (χ3v) is 2.92. The lowest BCUT2D eigenvalue weighted by molar-refractivity contribution is 0.425. The third kappa shape index (κ3) is 7.70. The SMILES string of the molecule is O=[P+](O)OCl.c1ccc(CCc2ccccc2)cc1. The highest BCUT2D eigenvalue weighted by Crippen LogP contribution is 2.15. The molecular formula is C14H15ClO3P+. The van der Waals surface area contributed by atoms with Crippen molar-refractivity contribution in [1.29, 1.82) is 0 Å². The molecule has 100 valence electrons. The summed E-state index contributed by atoms with van der Waals surface area (Å²) in [6, 6.07) is 21.2. The molecule has 2 aromatic carbocycles. The minimum absolute atomic E-state index is 1.13. The van der Waals surface area contributed by atoms with E-state index in [2.05, 4.69) is 76.6 Å². The molecule has 0 radical (unpaired) electrons. The first kappa shape index (κ1) is 15.8. The first-order valence-electron chi connectivity index (χ1n) is 5.75. The number of aryl methyl sites for hydroxylation is 2. The minimum Gasteiger partial charge on any atom is -0.132 e. The van der Waals surface area contributed by atoms with E-state index in [0.717, 1.165) is 12.8 Å². The van der Waals surface area contributed by atoms with Crippen LogP contribution in [-0.2, 0) is 21.5 Å². The Labute approximate surface area is 118 Å². The average molecular weight is 298 g/mol. The van der Waals surface area contributed by atoms with Gasteiger partial charge in [0.1, 0.15) is 11.9 Å². The van der Waals surface area contributed by atoms with Crippen molar-refractivity contribution in [2.45, 2.75) is 12.8 Å². The maximum Gasteiger partial charge on any atom is 0.713 e. The molecule has 2 rings (SSSR count). The molecule has 0 aromatic heterocycles. The molecule has 5 heteroatoms. The fraction of sp³-hybridized carbons (Fsp3) is 0.143. The summed E-state index contributed by atoms with van der Waals surface area (Å²) in [7, 11) is -2.58. The van der Waals surface area contributed by atoms with Gasteiger partial charge in [0.25, 0.3) is 0 Å². The molecule has 0 fully saturated rings. The number of benzene rings is 2. The Morgan fingerprint density at radius 3 is 1.47 bits per heavy atom. The lowest BCUT2D eigenvalue weighted by atomic mass is 10.0. The van der Waals surface area contributed by atoms with E-state index < -0.39 is 8.25 Å². The molecule has 0 aliphatic heterocycles. The van der Waals surface area contributed by atoms with Crippen molar-refractivity contribution in [1.82, 2.24) is 0 Å². The number of hydrogen-bond donors (Lipinski definition) is 1. The summed E-state index contributed by atoms with van der Waals surface area (Å²) < 4.78 is 12.4. The third-order valence-electron chi connectivity index (χ3n) is 2.45. The van der Waals surface area contributed by atoms with E-state index in [9.17, 15) is 0 Å². The second-order valence-corrected chi connectivity index (χ2v) is 4.81. The second-order valence-electron chi connectivity index (χ2n) is 3.78. The first-order valence-corrected chi connectivity index (χ1v) is 7.19. The zero-order valence-electron chi connectivity index (χ0n) is 10.3. The summed E-state index contributed by atoms with van der Waals surface area (Å²) in [4.78, 5) is 7.52. The van der Waals surface area contributed by atoms with Gasteiger partial charge >= 0.3 is 8.25 Å². The highest BCUT2D eigenvalue weighted by atomic mass is 35.5. The Hall–Kier alpha value is -1.25. The van der Waals surface area contributed by atoms with Crippen LogP contribution < -0.4 is 0 Å². The van der Waals surface area contributed by atoms with Gasteiger partial charge in [-0.25, -0.2) is 0 Å². The van der Waals surface area contributed by atoms with E-state index in [1.807, 2.05) is 0 Å². The summed E-state index contributed by atoms with van der Waals surface area (Å²) in [6.45, 7) is 0. The van der Waals surface area contributed by atoms with Crippen LogP contribution in [0.1, 0.15) is 11.1 Å². The van der Waals surface area contributed by atoms with E-state index in [4.69, 9.17) is 9.46 Å². The molecule has 3 nitrogen and oxygen atoms in total. The van der Waals surface area contributed by atoms with Crippen molar-refractivity contribution in [3.8, 4) is 0 Å². The van der Waals surface area contributed by atoms with E-state index in [1.165, 1.54) is 11.1 Å². The molecular weight excluding hydrogens is 283 g/mol. The molecule has 2 aromatic rings. The maximum absolute atomic E-state index is 9.16. The van der Waals surface area contributed by atoms with E-state index in [-0.39, 0.29) is 0 Å². The van der Waals surface area contributed by atoms with Crippen molar-refractivity contribution in [3.05, 3.63) is 71.8 Å². The zero-order valence-corrected chi connectivity index (χ0v) is 11.9. The van der Waals surface area contributed by atoms with Gasteiger partial charge in [-0.05, 0) is 28.0 Å². The number of hydrogen-bond acceptors (Lipinski definition) is 2. The van der Waals surface area contributed by atoms with Gasteiger partial charge < -0.3 is 0 Å². The molecule has 0 saturated heterocycles. The summed E-state index contributed by atoms with van der Waals surface area (Å²) in [5.41, 5.74) is 2.83. The Balaban J connectivity index is 0.000000312. The van der Waals surface area contributed by atoms with Crippen LogP contribution in [0.2, 0.25) is 0 Å². The molecule has 0 bridgehead atoms. The van der Waals surface area contributed by atoms with Gasteiger partial charge in [0.05, 0.1) is 0 Å². The monoisotopic (exact) mass is 297 g/mol. The highest BCUT2D eigenvalue weighted by Gasteiger charge is 2.06. The predicted octanol–water partition coefficient (Wildman–Crippen LogP) is 4.28. The fourth-order valence-electron chi connectivity index (χ4n) is 1.58. The summed E-state index contributed by atoms with van der Waals surface area (Å²) in [6.07, 6.45) is 2.26. The van der Waals surface area contributed by atoms with Crippen molar-refractivity contribution in [2.24, 2.45) is 0 Å².